The molecule has 34 heavy (non-hydrogen) atoms. The van der Waals surface area contributed by atoms with E-state index in [4.69, 9.17) is 4.74 Å². The van der Waals surface area contributed by atoms with Gasteiger partial charge in [-0.15, -0.1) is 0 Å². The van der Waals surface area contributed by atoms with Crippen LogP contribution >= 0.6 is 0 Å². The number of hydrogen-bond donors (Lipinski definition) is 2. The van der Waals surface area contributed by atoms with E-state index >= 15 is 0 Å². The van der Waals surface area contributed by atoms with Gasteiger partial charge in [-0.25, -0.2) is 4.79 Å². The maximum absolute atomic E-state index is 13.2. The van der Waals surface area contributed by atoms with Crippen molar-refractivity contribution in [3.8, 4) is 5.75 Å². The summed E-state index contributed by atoms with van der Waals surface area (Å²) in [6.45, 7) is 6.40. The first-order valence-corrected chi connectivity index (χ1v) is 11.3. The van der Waals surface area contributed by atoms with Gasteiger partial charge in [-0.2, -0.15) is 0 Å². The van der Waals surface area contributed by atoms with E-state index in [1.165, 1.54) is 0 Å². The highest BCUT2D eigenvalue weighted by atomic mass is 16.5. The Bertz CT molecular complexity index is 1060. The van der Waals surface area contributed by atoms with Gasteiger partial charge in [0.25, 0.3) is 11.8 Å². The molecule has 0 radical (unpaired) electrons. The fourth-order valence-electron chi connectivity index (χ4n) is 4.02. The molecule has 9 heteroatoms. The summed E-state index contributed by atoms with van der Waals surface area (Å²) in [7, 11) is 1.55. The molecular formula is C25H30N4O5. The lowest BCUT2D eigenvalue weighted by molar-refractivity contribution is -0.134. The summed E-state index contributed by atoms with van der Waals surface area (Å²) >= 11 is 0. The lowest BCUT2D eigenvalue weighted by Crippen LogP contribution is -2.44. The maximum Gasteiger partial charge on any atom is 0.325 e. The minimum absolute atomic E-state index is 0.0864. The van der Waals surface area contributed by atoms with E-state index in [0.29, 0.717) is 42.1 Å². The molecule has 0 spiro atoms. The van der Waals surface area contributed by atoms with Crippen LogP contribution in [0.2, 0.25) is 0 Å². The largest absolute Gasteiger partial charge is 0.497 e. The molecule has 0 bridgehead atoms. The Morgan fingerprint density at radius 3 is 2.15 bits per heavy atom. The molecule has 1 aliphatic heterocycles. The zero-order valence-electron chi connectivity index (χ0n) is 19.9. The molecule has 3 rings (SSSR count). The number of nitrogens with one attached hydrogen (secondary N) is 2. The number of imide groups is 1. The quantitative estimate of drug-likeness (QED) is 0.553. The normalized spacial score (nSPS) is 17.4. The average molecular weight is 467 g/mol. The first-order chi connectivity index (χ1) is 16.3. The van der Waals surface area contributed by atoms with E-state index in [1.807, 2.05) is 13.8 Å². The van der Waals surface area contributed by atoms with E-state index in [1.54, 1.807) is 67.5 Å². The van der Waals surface area contributed by atoms with Crippen LogP contribution in [0.4, 0.5) is 10.5 Å². The Labute approximate surface area is 199 Å². The minimum atomic E-state index is -1.24. The minimum Gasteiger partial charge on any atom is -0.497 e. The number of hydrogen-bond acceptors (Lipinski definition) is 5. The molecule has 180 valence electrons. The van der Waals surface area contributed by atoms with Crippen LogP contribution in [0, 0.1) is 0 Å². The number of ether oxygens (including phenoxy) is 1. The molecule has 5 amide bonds. The molecule has 9 nitrogen and oxygen atoms in total. The number of methoxy groups -OCH3 is 1. The van der Waals surface area contributed by atoms with E-state index < -0.39 is 29.9 Å². The zero-order valence-corrected chi connectivity index (χ0v) is 19.9. The van der Waals surface area contributed by atoms with Crippen LogP contribution < -0.4 is 15.4 Å². The fraction of sp³-hybridized carbons (Fsp3) is 0.360. The van der Waals surface area contributed by atoms with E-state index in [9.17, 15) is 19.2 Å². The monoisotopic (exact) mass is 466 g/mol. The van der Waals surface area contributed by atoms with Crippen molar-refractivity contribution in [1.29, 1.82) is 0 Å². The predicted octanol–water partition coefficient (Wildman–Crippen LogP) is 2.97. The Morgan fingerprint density at radius 2 is 1.62 bits per heavy atom. The van der Waals surface area contributed by atoms with Crippen LogP contribution in [0.15, 0.2) is 48.5 Å². The summed E-state index contributed by atoms with van der Waals surface area (Å²) in [5.41, 5.74) is 0.356. The fourth-order valence-corrected chi connectivity index (χ4v) is 4.02. The first-order valence-electron chi connectivity index (χ1n) is 11.3. The summed E-state index contributed by atoms with van der Waals surface area (Å²) in [4.78, 5) is 53.5. The molecule has 1 aliphatic rings. The molecule has 0 aromatic heterocycles. The van der Waals surface area contributed by atoms with Gasteiger partial charge in [0.05, 0.1) is 7.11 Å². The van der Waals surface area contributed by atoms with Gasteiger partial charge in [0, 0.05) is 24.3 Å². The molecule has 1 unspecified atom stereocenters. The van der Waals surface area contributed by atoms with Crippen molar-refractivity contribution in [3.05, 3.63) is 59.7 Å². The first kappa shape index (κ1) is 24.8. The SMILES string of the molecule is CCN(CC)C(=O)c1ccc(NC(=O)CN2C(=O)NC(CC)(c3ccc(OC)cc3)C2=O)cc1. The number of nitrogens with zero attached hydrogens (tertiary/aromatic N) is 2. The van der Waals surface area contributed by atoms with Crippen molar-refractivity contribution in [1.82, 2.24) is 15.1 Å². The van der Waals surface area contributed by atoms with Gasteiger partial charge in [-0.3, -0.25) is 19.3 Å². The molecular weight excluding hydrogens is 436 g/mol. The molecule has 1 atom stereocenters. The standard InChI is InChI=1S/C25H30N4O5/c1-5-25(18-10-14-20(34-4)15-11-18)23(32)29(24(33)27-25)16-21(30)26-19-12-8-17(9-13-19)22(31)28(6-2)7-3/h8-15H,5-7,16H2,1-4H3,(H,26,30)(H,27,33). The van der Waals surface area contributed by atoms with Crippen molar-refractivity contribution in [2.75, 3.05) is 32.1 Å². The second kappa shape index (κ2) is 10.4. The number of rotatable bonds is 9. The third kappa shape index (κ3) is 4.73. The highest BCUT2D eigenvalue weighted by Crippen LogP contribution is 2.33. The van der Waals surface area contributed by atoms with Gasteiger partial charge in [-0.1, -0.05) is 19.1 Å². The number of carbonyl (C=O) groups is 4. The highest BCUT2D eigenvalue weighted by Gasteiger charge is 2.51. The number of anilines is 1. The summed E-state index contributed by atoms with van der Waals surface area (Å²) in [5.74, 6) is -0.460. The Morgan fingerprint density at radius 1 is 1.00 bits per heavy atom. The Kier molecular flexibility index (Phi) is 7.55. The van der Waals surface area contributed by atoms with Gasteiger partial charge < -0.3 is 20.3 Å². The molecule has 1 saturated heterocycles. The molecule has 0 saturated carbocycles. The zero-order chi connectivity index (χ0) is 24.9. The lowest BCUT2D eigenvalue weighted by Gasteiger charge is -2.26. The highest BCUT2D eigenvalue weighted by molar-refractivity contribution is 6.10. The van der Waals surface area contributed by atoms with Gasteiger partial charge in [0.2, 0.25) is 5.91 Å². The molecule has 1 fully saturated rings. The van der Waals surface area contributed by atoms with Crippen LogP contribution in [-0.4, -0.2) is 60.3 Å². The molecule has 2 aromatic rings. The smallest absolute Gasteiger partial charge is 0.325 e. The van der Waals surface area contributed by atoms with Gasteiger partial charge in [0.1, 0.15) is 17.8 Å². The van der Waals surface area contributed by atoms with E-state index in [0.717, 1.165) is 4.90 Å². The summed E-state index contributed by atoms with van der Waals surface area (Å²) < 4.78 is 5.16. The van der Waals surface area contributed by atoms with Crippen LogP contribution in [0.25, 0.3) is 0 Å². The third-order valence-electron chi connectivity index (χ3n) is 6.06. The van der Waals surface area contributed by atoms with Crippen LogP contribution in [0.5, 0.6) is 5.75 Å². The van der Waals surface area contributed by atoms with Crippen molar-refractivity contribution < 1.29 is 23.9 Å². The number of urea groups is 1. The lowest BCUT2D eigenvalue weighted by atomic mass is 9.87. The second-order valence-electron chi connectivity index (χ2n) is 7.91. The van der Waals surface area contributed by atoms with Crippen molar-refractivity contribution in [2.45, 2.75) is 32.7 Å². The van der Waals surface area contributed by atoms with E-state index in [-0.39, 0.29) is 5.91 Å². The number of benzene rings is 2. The summed E-state index contributed by atoms with van der Waals surface area (Å²) in [6, 6.07) is 12.8. The third-order valence-corrected chi connectivity index (χ3v) is 6.06. The number of carbonyl (C=O) groups excluding carboxylic acids is 4. The van der Waals surface area contributed by atoms with Crippen molar-refractivity contribution in [3.63, 3.8) is 0 Å². The van der Waals surface area contributed by atoms with Crippen molar-refractivity contribution in [2.24, 2.45) is 0 Å². The second-order valence-corrected chi connectivity index (χ2v) is 7.91. The predicted molar refractivity (Wildman–Crippen MR) is 128 cm³/mol. The Hall–Kier alpha value is -3.88. The van der Waals surface area contributed by atoms with Crippen LogP contribution in [-0.2, 0) is 15.1 Å². The number of amides is 5. The van der Waals surface area contributed by atoms with Crippen LogP contribution in [0.3, 0.4) is 0 Å². The molecule has 0 aliphatic carbocycles. The average Bonchev–Trinajstić information content (AvgIpc) is 3.10. The summed E-state index contributed by atoms with van der Waals surface area (Å²) in [6.07, 6.45) is 0.323. The van der Waals surface area contributed by atoms with Crippen LogP contribution in [0.1, 0.15) is 43.1 Å². The van der Waals surface area contributed by atoms with Gasteiger partial charge in [-0.05, 0) is 62.2 Å². The van der Waals surface area contributed by atoms with Crippen molar-refractivity contribution >= 4 is 29.4 Å². The molecule has 2 aromatic carbocycles. The Balaban J connectivity index is 1.69. The van der Waals surface area contributed by atoms with Gasteiger partial charge >= 0.3 is 6.03 Å². The summed E-state index contributed by atoms with van der Waals surface area (Å²) in [5, 5.41) is 5.44. The molecule has 2 N–H and O–H groups in total. The van der Waals surface area contributed by atoms with Gasteiger partial charge in [0.15, 0.2) is 0 Å². The topological polar surface area (TPSA) is 108 Å². The molecule has 1 heterocycles. The van der Waals surface area contributed by atoms with E-state index in [2.05, 4.69) is 10.6 Å². The maximum atomic E-state index is 13.2.